The van der Waals surface area contributed by atoms with Crippen molar-refractivity contribution >= 4 is 29.2 Å². The van der Waals surface area contributed by atoms with E-state index in [1.165, 1.54) is 25.3 Å². The summed E-state index contributed by atoms with van der Waals surface area (Å²) in [7, 11) is 1.22. The van der Waals surface area contributed by atoms with Crippen molar-refractivity contribution in [2.45, 2.75) is 66.0 Å². The molecule has 0 aromatic heterocycles. The molecule has 10 heteroatoms. The maximum Gasteiger partial charge on any atom is 0.329 e. The highest BCUT2D eigenvalue weighted by Gasteiger charge is 2.43. The molecule has 0 fully saturated rings. The third kappa shape index (κ3) is 6.52. The van der Waals surface area contributed by atoms with E-state index in [0.717, 1.165) is 0 Å². The number of aliphatic imine (C=N–C) groups is 1. The zero-order valence-electron chi connectivity index (χ0n) is 21.4. The van der Waals surface area contributed by atoms with E-state index in [4.69, 9.17) is 9.47 Å². The SMILES string of the molecule is COC(=O)C1C(C)=NC(C)=C(C(=O)N[C@H](C(=O)OC(C)(C)C)C(C)C)[C@H]1c1cccc([N+](=O)[O-])c1. The first kappa shape index (κ1) is 27.7. The predicted octanol–water partition coefficient (Wildman–Crippen LogP) is 3.70. The minimum Gasteiger partial charge on any atom is -0.468 e. The smallest absolute Gasteiger partial charge is 0.329 e. The van der Waals surface area contributed by atoms with Gasteiger partial charge < -0.3 is 14.8 Å². The second kappa shape index (κ2) is 10.8. The van der Waals surface area contributed by atoms with E-state index in [1.807, 2.05) is 0 Å². The van der Waals surface area contributed by atoms with Crippen LogP contribution in [-0.2, 0) is 23.9 Å². The summed E-state index contributed by atoms with van der Waals surface area (Å²) < 4.78 is 10.5. The van der Waals surface area contributed by atoms with Crippen LogP contribution in [-0.4, -0.2) is 47.2 Å². The minimum absolute atomic E-state index is 0.126. The molecule has 1 N–H and O–H groups in total. The van der Waals surface area contributed by atoms with Crippen LogP contribution < -0.4 is 5.32 Å². The fourth-order valence-corrected chi connectivity index (χ4v) is 4.04. The summed E-state index contributed by atoms with van der Waals surface area (Å²) in [6, 6.07) is 4.80. The van der Waals surface area contributed by atoms with Crippen molar-refractivity contribution in [3.63, 3.8) is 0 Å². The van der Waals surface area contributed by atoms with E-state index in [9.17, 15) is 24.5 Å². The van der Waals surface area contributed by atoms with E-state index < -0.39 is 46.2 Å². The van der Waals surface area contributed by atoms with Crippen molar-refractivity contribution in [1.29, 1.82) is 0 Å². The molecular weight excluding hydrogens is 454 g/mol. The largest absolute Gasteiger partial charge is 0.468 e. The van der Waals surface area contributed by atoms with Crippen LogP contribution in [0.1, 0.15) is 59.9 Å². The fourth-order valence-electron chi connectivity index (χ4n) is 4.04. The Bertz CT molecular complexity index is 1080. The van der Waals surface area contributed by atoms with Crippen molar-refractivity contribution in [3.05, 3.63) is 51.2 Å². The minimum atomic E-state index is -0.981. The second-order valence-electron chi connectivity index (χ2n) is 9.81. The number of carbonyl (C=O) groups is 3. The molecule has 0 radical (unpaired) electrons. The predicted molar refractivity (Wildman–Crippen MR) is 130 cm³/mol. The van der Waals surface area contributed by atoms with E-state index >= 15 is 0 Å². The Morgan fingerprint density at radius 2 is 1.80 bits per heavy atom. The lowest BCUT2D eigenvalue weighted by molar-refractivity contribution is -0.384. The summed E-state index contributed by atoms with van der Waals surface area (Å²) in [6.07, 6.45) is 0. The van der Waals surface area contributed by atoms with Gasteiger partial charge in [0.05, 0.1) is 12.0 Å². The highest BCUT2D eigenvalue weighted by molar-refractivity contribution is 6.08. The monoisotopic (exact) mass is 487 g/mol. The maximum absolute atomic E-state index is 13.6. The number of amides is 1. The number of nitro groups is 1. The Balaban J connectivity index is 2.60. The third-order valence-electron chi connectivity index (χ3n) is 5.58. The van der Waals surface area contributed by atoms with Gasteiger partial charge in [0.1, 0.15) is 17.6 Å². The van der Waals surface area contributed by atoms with Gasteiger partial charge in [0.15, 0.2) is 0 Å². The number of nitro benzene ring substituents is 1. The molecule has 1 aliphatic heterocycles. The summed E-state index contributed by atoms with van der Waals surface area (Å²) >= 11 is 0. The highest BCUT2D eigenvalue weighted by Crippen LogP contribution is 2.40. The van der Waals surface area contributed by atoms with Crippen molar-refractivity contribution < 1.29 is 28.8 Å². The van der Waals surface area contributed by atoms with Crippen LogP contribution in [0.4, 0.5) is 5.69 Å². The Morgan fingerprint density at radius 3 is 2.31 bits per heavy atom. The molecule has 1 aliphatic rings. The van der Waals surface area contributed by atoms with Gasteiger partial charge in [0, 0.05) is 35.0 Å². The fraction of sp³-hybridized carbons (Fsp3) is 0.520. The number of non-ortho nitro benzene ring substituents is 1. The average Bonchev–Trinajstić information content (AvgIpc) is 2.74. The van der Waals surface area contributed by atoms with Crippen LogP contribution in [0.25, 0.3) is 0 Å². The molecule has 1 aromatic rings. The first-order valence-electron chi connectivity index (χ1n) is 11.3. The standard InChI is InChI=1S/C25H33N3O7/c1-13(2)21(24(31)35-25(5,6)7)27-22(29)18-14(3)26-15(4)19(23(30)34-8)20(18)16-10-9-11-17(12-16)28(32)33/h9-13,19-21H,1-8H3,(H,27,29)/t19?,20-,21+/m1/s1. The quantitative estimate of drug-likeness (QED) is 0.352. The molecule has 1 heterocycles. The van der Waals surface area contributed by atoms with E-state index in [-0.39, 0.29) is 17.2 Å². The molecule has 35 heavy (non-hydrogen) atoms. The zero-order chi connectivity index (χ0) is 26.7. The Hall–Kier alpha value is -3.56. The molecule has 2 rings (SSSR count). The number of ether oxygens (including phenoxy) is 2. The molecule has 10 nitrogen and oxygen atoms in total. The molecule has 0 bridgehead atoms. The molecule has 190 valence electrons. The molecule has 0 saturated carbocycles. The van der Waals surface area contributed by atoms with Crippen LogP contribution in [0.3, 0.4) is 0 Å². The van der Waals surface area contributed by atoms with Gasteiger partial charge >= 0.3 is 11.9 Å². The summed E-state index contributed by atoms with van der Waals surface area (Å²) in [5, 5.41) is 14.2. The number of esters is 2. The van der Waals surface area contributed by atoms with Gasteiger partial charge in [-0.25, -0.2) is 4.79 Å². The topological polar surface area (TPSA) is 137 Å². The van der Waals surface area contributed by atoms with Crippen LogP contribution in [0, 0.1) is 22.0 Å². The molecular formula is C25H33N3O7. The lowest BCUT2D eigenvalue weighted by Gasteiger charge is -2.33. The van der Waals surface area contributed by atoms with Crippen molar-refractivity contribution in [2.24, 2.45) is 16.8 Å². The van der Waals surface area contributed by atoms with Crippen molar-refractivity contribution in [3.8, 4) is 0 Å². The molecule has 1 amide bonds. The summed E-state index contributed by atoms with van der Waals surface area (Å²) in [5.74, 6) is -4.03. The maximum atomic E-state index is 13.6. The number of allylic oxidation sites excluding steroid dienone is 1. The number of benzene rings is 1. The van der Waals surface area contributed by atoms with Gasteiger partial charge in [-0.2, -0.15) is 0 Å². The number of methoxy groups -OCH3 is 1. The summed E-state index contributed by atoms with van der Waals surface area (Å²) in [6.45, 7) is 12.0. The van der Waals surface area contributed by atoms with Crippen LogP contribution in [0.5, 0.6) is 0 Å². The zero-order valence-corrected chi connectivity index (χ0v) is 21.4. The Labute approximate surface area is 204 Å². The molecule has 1 unspecified atom stereocenters. The first-order chi connectivity index (χ1) is 16.2. The Morgan fingerprint density at radius 1 is 1.17 bits per heavy atom. The van der Waals surface area contributed by atoms with Crippen molar-refractivity contribution in [1.82, 2.24) is 5.32 Å². The van der Waals surface area contributed by atoms with E-state index in [2.05, 4.69) is 10.3 Å². The van der Waals surface area contributed by atoms with Gasteiger partial charge in [-0.3, -0.25) is 24.7 Å². The van der Waals surface area contributed by atoms with Gasteiger partial charge in [-0.15, -0.1) is 0 Å². The van der Waals surface area contributed by atoms with Crippen LogP contribution in [0.2, 0.25) is 0 Å². The van der Waals surface area contributed by atoms with E-state index in [1.54, 1.807) is 54.5 Å². The Kier molecular flexibility index (Phi) is 8.54. The lowest BCUT2D eigenvalue weighted by atomic mass is 9.75. The first-order valence-corrected chi connectivity index (χ1v) is 11.3. The molecule has 1 aromatic carbocycles. The van der Waals surface area contributed by atoms with Crippen LogP contribution >= 0.6 is 0 Å². The normalized spacial score (nSPS) is 19.1. The van der Waals surface area contributed by atoms with Gasteiger partial charge in [0.2, 0.25) is 5.91 Å². The van der Waals surface area contributed by atoms with Gasteiger partial charge in [-0.1, -0.05) is 26.0 Å². The second-order valence-corrected chi connectivity index (χ2v) is 9.81. The molecule has 0 saturated heterocycles. The summed E-state index contributed by atoms with van der Waals surface area (Å²) in [5.41, 5.74) is 0.320. The number of hydrogen-bond donors (Lipinski definition) is 1. The number of carbonyl (C=O) groups excluding carboxylic acids is 3. The van der Waals surface area contributed by atoms with Gasteiger partial charge in [-0.05, 0) is 46.1 Å². The lowest BCUT2D eigenvalue weighted by Crippen LogP contribution is -2.49. The number of rotatable bonds is 7. The van der Waals surface area contributed by atoms with E-state index in [0.29, 0.717) is 17.0 Å². The third-order valence-corrected chi connectivity index (χ3v) is 5.58. The number of nitrogens with zero attached hydrogens (tertiary/aromatic N) is 2. The summed E-state index contributed by atoms with van der Waals surface area (Å²) in [4.78, 5) is 54.5. The molecule has 3 atom stereocenters. The van der Waals surface area contributed by atoms with Crippen molar-refractivity contribution in [2.75, 3.05) is 7.11 Å². The molecule has 0 spiro atoms. The number of hydrogen-bond acceptors (Lipinski definition) is 8. The van der Waals surface area contributed by atoms with Gasteiger partial charge in [0.25, 0.3) is 5.69 Å². The number of nitrogens with one attached hydrogen (secondary N) is 1. The average molecular weight is 488 g/mol. The molecule has 0 aliphatic carbocycles. The highest BCUT2D eigenvalue weighted by atomic mass is 16.6. The van der Waals surface area contributed by atoms with Crippen LogP contribution in [0.15, 0.2) is 40.5 Å².